The molecule has 1 amide bonds. The predicted octanol–water partition coefficient (Wildman–Crippen LogP) is 4.15. The van der Waals surface area contributed by atoms with Crippen LogP contribution in [0.3, 0.4) is 0 Å². The molecule has 1 aliphatic heterocycles. The number of amides is 1. The summed E-state index contributed by atoms with van der Waals surface area (Å²) < 4.78 is 10.4. The number of hydrogen-bond acceptors (Lipinski definition) is 5. The quantitative estimate of drug-likeness (QED) is 0.430. The average molecular weight is 374 g/mol. The number of rotatable bonds is 3. The molecular weight excluding hydrogens is 360 g/mol. The molecule has 0 atom stereocenters. The molecule has 1 aliphatic carbocycles. The SMILES string of the molecule is O=C(Nc1ccc2c(c1)Cc1ccccc1-2)c1cc2c(cc1[N+](=O)[O-])OCO2. The highest BCUT2D eigenvalue weighted by Gasteiger charge is 2.27. The summed E-state index contributed by atoms with van der Waals surface area (Å²) in [6.07, 6.45) is 0.791. The number of nitrogens with one attached hydrogen (secondary N) is 1. The summed E-state index contributed by atoms with van der Waals surface area (Å²) in [6.45, 7) is -0.0249. The van der Waals surface area contributed by atoms with Gasteiger partial charge in [-0.25, -0.2) is 0 Å². The molecule has 7 nitrogen and oxygen atoms in total. The lowest BCUT2D eigenvalue weighted by molar-refractivity contribution is -0.385. The lowest BCUT2D eigenvalue weighted by atomic mass is 10.1. The minimum atomic E-state index is -0.601. The van der Waals surface area contributed by atoms with Gasteiger partial charge in [0.05, 0.1) is 11.0 Å². The van der Waals surface area contributed by atoms with Crippen molar-refractivity contribution >= 4 is 17.3 Å². The molecule has 0 radical (unpaired) electrons. The standard InChI is InChI=1S/C21H14N2O5/c24-21(17-9-19-20(28-11-27-19)10-18(17)23(25)26)22-14-5-6-16-13(8-14)7-12-3-1-2-4-15(12)16/h1-6,8-10H,7,11H2,(H,22,24). The second kappa shape index (κ2) is 6.09. The van der Waals surface area contributed by atoms with Crippen molar-refractivity contribution in [3.8, 4) is 22.6 Å². The van der Waals surface area contributed by atoms with Crippen LogP contribution >= 0.6 is 0 Å². The van der Waals surface area contributed by atoms with Gasteiger partial charge in [-0.15, -0.1) is 0 Å². The van der Waals surface area contributed by atoms with Crippen LogP contribution in [0.4, 0.5) is 11.4 Å². The number of anilines is 1. The van der Waals surface area contributed by atoms with Crippen LogP contribution in [-0.4, -0.2) is 17.6 Å². The minimum Gasteiger partial charge on any atom is -0.454 e. The summed E-state index contributed by atoms with van der Waals surface area (Å²) >= 11 is 0. The molecule has 1 N–H and O–H groups in total. The number of hydrogen-bond donors (Lipinski definition) is 1. The van der Waals surface area contributed by atoms with Gasteiger partial charge >= 0.3 is 0 Å². The topological polar surface area (TPSA) is 90.7 Å². The van der Waals surface area contributed by atoms with E-state index in [1.54, 1.807) is 6.07 Å². The number of carbonyl (C=O) groups excluding carboxylic acids is 1. The van der Waals surface area contributed by atoms with E-state index < -0.39 is 10.8 Å². The van der Waals surface area contributed by atoms with Gasteiger partial charge in [0.25, 0.3) is 11.6 Å². The van der Waals surface area contributed by atoms with Crippen LogP contribution in [0.15, 0.2) is 54.6 Å². The lowest BCUT2D eigenvalue weighted by Crippen LogP contribution is -2.14. The van der Waals surface area contributed by atoms with E-state index in [4.69, 9.17) is 9.47 Å². The van der Waals surface area contributed by atoms with Crippen LogP contribution < -0.4 is 14.8 Å². The lowest BCUT2D eigenvalue weighted by Gasteiger charge is -2.09. The monoisotopic (exact) mass is 374 g/mol. The first-order valence-corrected chi connectivity index (χ1v) is 8.71. The predicted molar refractivity (Wildman–Crippen MR) is 102 cm³/mol. The zero-order valence-electron chi connectivity index (χ0n) is 14.6. The van der Waals surface area contributed by atoms with E-state index in [9.17, 15) is 14.9 Å². The summed E-state index contributed by atoms with van der Waals surface area (Å²) in [4.78, 5) is 23.5. The van der Waals surface area contributed by atoms with Crippen LogP contribution in [0.2, 0.25) is 0 Å². The molecule has 0 aromatic heterocycles. The van der Waals surface area contributed by atoms with Gasteiger partial charge in [0.15, 0.2) is 11.5 Å². The number of carbonyl (C=O) groups is 1. The molecule has 0 fully saturated rings. The first-order valence-electron chi connectivity index (χ1n) is 8.71. The second-order valence-electron chi connectivity index (χ2n) is 6.64. The molecule has 28 heavy (non-hydrogen) atoms. The summed E-state index contributed by atoms with van der Waals surface area (Å²) in [7, 11) is 0. The van der Waals surface area contributed by atoms with Gasteiger partial charge in [0, 0.05) is 11.8 Å². The van der Waals surface area contributed by atoms with E-state index >= 15 is 0 Å². The molecular formula is C21H14N2O5. The van der Waals surface area contributed by atoms with Crippen molar-refractivity contribution in [1.29, 1.82) is 0 Å². The molecule has 3 aromatic rings. The van der Waals surface area contributed by atoms with Crippen molar-refractivity contribution in [2.45, 2.75) is 6.42 Å². The van der Waals surface area contributed by atoms with Gasteiger partial charge in [-0.05, 0) is 40.8 Å². The number of benzene rings is 3. The molecule has 0 saturated carbocycles. The third kappa shape index (κ3) is 2.56. The van der Waals surface area contributed by atoms with Crippen LogP contribution in [0.5, 0.6) is 11.5 Å². The van der Waals surface area contributed by atoms with Crippen LogP contribution in [0, 0.1) is 10.1 Å². The maximum atomic E-state index is 12.7. The Morgan fingerprint density at radius 3 is 2.54 bits per heavy atom. The zero-order chi connectivity index (χ0) is 19.3. The second-order valence-corrected chi connectivity index (χ2v) is 6.64. The molecule has 0 spiro atoms. The van der Waals surface area contributed by atoms with Gasteiger partial charge in [-0.2, -0.15) is 0 Å². The maximum Gasteiger partial charge on any atom is 0.286 e. The van der Waals surface area contributed by atoms with Crippen LogP contribution in [0.25, 0.3) is 11.1 Å². The van der Waals surface area contributed by atoms with Gasteiger partial charge in [0.1, 0.15) is 5.56 Å². The summed E-state index contributed by atoms with van der Waals surface area (Å²) in [5.41, 5.74) is 4.88. The smallest absolute Gasteiger partial charge is 0.286 e. The van der Waals surface area contributed by atoms with Crippen molar-refractivity contribution in [2.75, 3.05) is 12.1 Å². The van der Waals surface area contributed by atoms with E-state index in [-0.39, 0.29) is 23.8 Å². The summed E-state index contributed by atoms with van der Waals surface area (Å²) in [5.74, 6) is 0.0131. The molecule has 2 aliphatic rings. The zero-order valence-corrected chi connectivity index (χ0v) is 14.6. The molecule has 3 aromatic carbocycles. The third-order valence-electron chi connectivity index (χ3n) is 4.98. The van der Waals surface area contributed by atoms with Gasteiger partial charge in [0.2, 0.25) is 6.79 Å². The highest BCUT2D eigenvalue weighted by molar-refractivity contribution is 6.07. The molecule has 0 unspecified atom stereocenters. The fraction of sp³-hybridized carbons (Fsp3) is 0.0952. The number of fused-ring (bicyclic) bond motifs is 4. The van der Waals surface area contributed by atoms with E-state index in [0.29, 0.717) is 11.4 Å². The van der Waals surface area contributed by atoms with Crippen molar-refractivity contribution < 1.29 is 19.2 Å². The number of nitro groups is 1. The van der Waals surface area contributed by atoms with E-state index in [1.165, 1.54) is 23.3 Å². The molecule has 7 heteroatoms. The van der Waals surface area contributed by atoms with Crippen molar-refractivity contribution in [1.82, 2.24) is 0 Å². The van der Waals surface area contributed by atoms with Gasteiger partial charge in [-0.1, -0.05) is 30.3 Å². The highest BCUT2D eigenvalue weighted by atomic mass is 16.7. The number of nitro benzene ring substituents is 1. The number of ether oxygens (including phenoxy) is 2. The molecule has 0 saturated heterocycles. The number of nitrogens with zero attached hydrogens (tertiary/aromatic N) is 1. The third-order valence-corrected chi connectivity index (χ3v) is 4.98. The van der Waals surface area contributed by atoms with Crippen molar-refractivity contribution in [3.05, 3.63) is 81.4 Å². The largest absolute Gasteiger partial charge is 0.454 e. The van der Waals surface area contributed by atoms with Crippen molar-refractivity contribution in [2.24, 2.45) is 0 Å². The van der Waals surface area contributed by atoms with Crippen LogP contribution in [-0.2, 0) is 6.42 Å². The maximum absolute atomic E-state index is 12.7. The Labute approximate surface area is 159 Å². The summed E-state index contributed by atoms with van der Waals surface area (Å²) in [6, 6.07) is 16.4. The molecule has 1 heterocycles. The van der Waals surface area contributed by atoms with E-state index in [2.05, 4.69) is 17.4 Å². The fourth-order valence-electron chi connectivity index (χ4n) is 3.69. The Kier molecular flexibility index (Phi) is 3.55. The normalized spacial score (nSPS) is 13.0. The Morgan fingerprint density at radius 2 is 1.71 bits per heavy atom. The molecule has 5 rings (SSSR count). The first kappa shape index (κ1) is 16.3. The fourth-order valence-corrected chi connectivity index (χ4v) is 3.69. The average Bonchev–Trinajstić information content (AvgIpc) is 3.30. The molecule has 0 bridgehead atoms. The van der Waals surface area contributed by atoms with E-state index in [1.807, 2.05) is 24.3 Å². The van der Waals surface area contributed by atoms with Crippen molar-refractivity contribution in [3.63, 3.8) is 0 Å². The first-order chi connectivity index (χ1) is 13.6. The summed E-state index contributed by atoms with van der Waals surface area (Å²) in [5, 5.41) is 14.1. The van der Waals surface area contributed by atoms with E-state index in [0.717, 1.165) is 17.5 Å². The highest BCUT2D eigenvalue weighted by Crippen LogP contribution is 2.39. The Balaban J connectivity index is 1.46. The Morgan fingerprint density at radius 1 is 0.964 bits per heavy atom. The Bertz CT molecular complexity index is 1160. The van der Waals surface area contributed by atoms with Gasteiger partial charge in [-0.3, -0.25) is 14.9 Å². The Hall–Kier alpha value is -3.87. The van der Waals surface area contributed by atoms with Crippen LogP contribution in [0.1, 0.15) is 21.5 Å². The molecule has 138 valence electrons. The minimum absolute atomic E-state index is 0.0249. The van der Waals surface area contributed by atoms with Gasteiger partial charge < -0.3 is 14.8 Å².